The number of nitrogens with one attached hydrogen (secondary N) is 1. The normalized spacial score (nSPS) is 23.5. The summed E-state index contributed by atoms with van der Waals surface area (Å²) < 4.78 is 16.9. The van der Waals surface area contributed by atoms with Crippen molar-refractivity contribution in [1.82, 2.24) is 9.88 Å². The van der Waals surface area contributed by atoms with E-state index in [1.54, 1.807) is 13.0 Å². The first-order chi connectivity index (χ1) is 14.2. The number of benzene rings is 1. The minimum absolute atomic E-state index is 0.0575. The maximum absolute atomic E-state index is 12.6. The Morgan fingerprint density at radius 3 is 2.47 bits per heavy atom. The van der Waals surface area contributed by atoms with Gasteiger partial charge in [0.1, 0.15) is 23.1 Å². The molecule has 1 amide bonds. The Bertz CT molecular complexity index is 931. The molecule has 3 atom stereocenters. The number of fused-ring (bicyclic) bond motifs is 3. The van der Waals surface area contributed by atoms with Gasteiger partial charge in [0.15, 0.2) is 0 Å². The molecule has 2 aromatic rings. The minimum atomic E-state index is -0.488. The second-order valence-electron chi connectivity index (χ2n) is 9.14. The molecule has 1 N–H and O–H groups in total. The number of carbonyl (C=O) groups is 2. The summed E-state index contributed by atoms with van der Waals surface area (Å²) in [5, 5.41) is 0.907. The van der Waals surface area contributed by atoms with E-state index < -0.39 is 5.60 Å². The number of piperidine rings is 1. The smallest absolute Gasteiger partial charge is 0.410 e. The molecular formula is C23H30N2O5. The lowest BCUT2D eigenvalue weighted by molar-refractivity contribution is -0.00707. The molecule has 0 spiro atoms. The summed E-state index contributed by atoms with van der Waals surface area (Å²) in [4.78, 5) is 29.6. The van der Waals surface area contributed by atoms with Gasteiger partial charge in [-0.05, 0) is 64.8 Å². The van der Waals surface area contributed by atoms with Crippen LogP contribution in [0.2, 0.25) is 0 Å². The second kappa shape index (κ2) is 7.85. The van der Waals surface area contributed by atoms with E-state index in [1.165, 1.54) is 0 Å². The van der Waals surface area contributed by atoms with Gasteiger partial charge in [0, 0.05) is 35.8 Å². The largest absolute Gasteiger partial charge is 0.490 e. The molecule has 7 nitrogen and oxygen atoms in total. The van der Waals surface area contributed by atoms with Crippen LogP contribution in [0.3, 0.4) is 0 Å². The van der Waals surface area contributed by atoms with Gasteiger partial charge in [-0.25, -0.2) is 9.59 Å². The first-order valence-electron chi connectivity index (χ1n) is 10.7. The van der Waals surface area contributed by atoms with Crippen molar-refractivity contribution < 1.29 is 23.8 Å². The molecule has 2 aliphatic rings. The van der Waals surface area contributed by atoms with E-state index in [9.17, 15) is 9.59 Å². The van der Waals surface area contributed by atoms with Crippen LogP contribution >= 0.6 is 0 Å². The van der Waals surface area contributed by atoms with Crippen LogP contribution in [0.25, 0.3) is 10.9 Å². The van der Waals surface area contributed by atoms with Gasteiger partial charge in [0.2, 0.25) is 0 Å². The van der Waals surface area contributed by atoms with Gasteiger partial charge in [-0.1, -0.05) is 0 Å². The van der Waals surface area contributed by atoms with Crippen LogP contribution in [0, 0.1) is 0 Å². The lowest BCUT2D eigenvalue weighted by Crippen LogP contribution is -2.50. The summed E-state index contributed by atoms with van der Waals surface area (Å²) in [6, 6.07) is 7.88. The summed E-state index contributed by atoms with van der Waals surface area (Å²) in [7, 11) is 0. The molecule has 1 aromatic carbocycles. The first-order valence-corrected chi connectivity index (χ1v) is 10.7. The summed E-state index contributed by atoms with van der Waals surface area (Å²) in [6.07, 6.45) is 3.42. The number of carbonyl (C=O) groups excluding carboxylic acids is 2. The number of H-pyrrole nitrogens is 1. The van der Waals surface area contributed by atoms with Gasteiger partial charge in [-0.3, -0.25) is 0 Å². The molecule has 2 saturated heterocycles. The molecule has 0 radical (unpaired) electrons. The molecule has 0 saturated carbocycles. The number of rotatable bonds is 4. The molecule has 1 unspecified atom stereocenters. The van der Waals surface area contributed by atoms with E-state index in [2.05, 4.69) is 4.98 Å². The van der Waals surface area contributed by atoms with Crippen LogP contribution < -0.4 is 4.74 Å². The highest BCUT2D eigenvalue weighted by Crippen LogP contribution is 2.38. The topological polar surface area (TPSA) is 80.9 Å². The fraction of sp³-hybridized carbons (Fsp3) is 0.565. The monoisotopic (exact) mass is 414 g/mol. The lowest BCUT2D eigenvalue weighted by atomic mass is 10.00. The van der Waals surface area contributed by atoms with E-state index in [1.807, 2.05) is 43.9 Å². The van der Waals surface area contributed by atoms with Crippen LogP contribution in [-0.4, -0.2) is 52.3 Å². The van der Waals surface area contributed by atoms with Crippen molar-refractivity contribution in [2.45, 2.75) is 77.2 Å². The van der Waals surface area contributed by atoms with E-state index in [4.69, 9.17) is 14.2 Å². The van der Waals surface area contributed by atoms with E-state index in [0.29, 0.717) is 12.3 Å². The third-order valence-electron chi connectivity index (χ3n) is 5.68. The average Bonchev–Trinajstić information content (AvgIpc) is 3.19. The maximum atomic E-state index is 12.6. The zero-order valence-corrected chi connectivity index (χ0v) is 18.1. The predicted molar refractivity (Wildman–Crippen MR) is 113 cm³/mol. The SMILES string of the molecule is CCOC(=O)c1cc2cc(OC3C[C@H]4CC[C@@H](C3)N4C(=O)OC(C)(C)C)ccc2[nH]1. The van der Waals surface area contributed by atoms with Crippen molar-refractivity contribution in [3.63, 3.8) is 0 Å². The third-order valence-corrected chi connectivity index (χ3v) is 5.68. The lowest BCUT2D eigenvalue weighted by Gasteiger charge is -2.39. The number of hydrogen-bond donors (Lipinski definition) is 1. The Hall–Kier alpha value is -2.70. The zero-order chi connectivity index (χ0) is 21.5. The Kier molecular flexibility index (Phi) is 5.38. The molecule has 2 aliphatic heterocycles. The molecule has 4 rings (SSSR count). The molecule has 7 heteroatoms. The number of esters is 1. The van der Waals surface area contributed by atoms with Gasteiger partial charge in [-0.15, -0.1) is 0 Å². The van der Waals surface area contributed by atoms with Crippen LogP contribution in [0.15, 0.2) is 24.3 Å². The van der Waals surface area contributed by atoms with Crippen molar-refractivity contribution in [2.75, 3.05) is 6.61 Å². The highest BCUT2D eigenvalue weighted by molar-refractivity contribution is 5.95. The van der Waals surface area contributed by atoms with Crippen molar-refractivity contribution in [3.05, 3.63) is 30.0 Å². The van der Waals surface area contributed by atoms with Gasteiger partial charge in [0.25, 0.3) is 0 Å². The van der Waals surface area contributed by atoms with Gasteiger partial charge < -0.3 is 24.1 Å². The van der Waals surface area contributed by atoms with Gasteiger partial charge in [0.05, 0.1) is 6.61 Å². The minimum Gasteiger partial charge on any atom is -0.490 e. The fourth-order valence-corrected chi connectivity index (χ4v) is 4.53. The summed E-state index contributed by atoms with van der Waals surface area (Å²) in [5.74, 6) is 0.411. The second-order valence-corrected chi connectivity index (χ2v) is 9.14. The molecule has 0 aliphatic carbocycles. The molecule has 3 heterocycles. The highest BCUT2D eigenvalue weighted by Gasteiger charge is 2.45. The number of ether oxygens (including phenoxy) is 3. The Balaban J connectivity index is 1.43. The molecule has 1 aromatic heterocycles. The Morgan fingerprint density at radius 1 is 1.13 bits per heavy atom. The van der Waals surface area contributed by atoms with Crippen LogP contribution in [0.4, 0.5) is 4.79 Å². The number of aromatic nitrogens is 1. The summed E-state index contributed by atoms with van der Waals surface area (Å²) in [5.41, 5.74) is 0.816. The quantitative estimate of drug-likeness (QED) is 0.737. The molecule has 30 heavy (non-hydrogen) atoms. The number of aromatic amines is 1. The van der Waals surface area contributed by atoms with E-state index in [0.717, 1.165) is 42.3 Å². The average molecular weight is 415 g/mol. The van der Waals surface area contributed by atoms with Crippen molar-refractivity contribution >= 4 is 23.0 Å². The van der Waals surface area contributed by atoms with Crippen molar-refractivity contribution in [3.8, 4) is 5.75 Å². The number of hydrogen-bond acceptors (Lipinski definition) is 5. The van der Waals surface area contributed by atoms with Crippen molar-refractivity contribution in [2.24, 2.45) is 0 Å². The summed E-state index contributed by atoms with van der Waals surface area (Å²) in [6.45, 7) is 7.81. The highest BCUT2D eigenvalue weighted by atomic mass is 16.6. The number of amides is 1. The van der Waals surface area contributed by atoms with Crippen molar-refractivity contribution in [1.29, 1.82) is 0 Å². The van der Waals surface area contributed by atoms with E-state index in [-0.39, 0.29) is 30.3 Å². The standard InChI is InChI=1S/C23H30N2O5/c1-5-28-21(26)20-11-14-10-17(8-9-19(14)24-20)29-18-12-15-6-7-16(13-18)25(15)22(27)30-23(2,3)4/h8-11,15-16,18,24H,5-7,12-13H2,1-4H3/t15-,16+,18?. The van der Waals surface area contributed by atoms with Crippen LogP contribution in [0.5, 0.6) is 5.75 Å². The van der Waals surface area contributed by atoms with Gasteiger partial charge >= 0.3 is 12.1 Å². The third kappa shape index (κ3) is 4.25. The van der Waals surface area contributed by atoms with Gasteiger partial charge in [-0.2, -0.15) is 0 Å². The molecular weight excluding hydrogens is 384 g/mol. The summed E-state index contributed by atoms with van der Waals surface area (Å²) >= 11 is 0. The predicted octanol–water partition coefficient (Wildman–Crippen LogP) is 4.65. The molecule has 162 valence electrons. The molecule has 2 fully saturated rings. The zero-order valence-electron chi connectivity index (χ0n) is 18.1. The van der Waals surface area contributed by atoms with Crippen LogP contribution in [-0.2, 0) is 9.47 Å². The number of nitrogens with zero attached hydrogens (tertiary/aromatic N) is 1. The van der Waals surface area contributed by atoms with E-state index >= 15 is 0 Å². The molecule has 2 bridgehead atoms. The first kappa shape index (κ1) is 20.6. The Morgan fingerprint density at radius 2 is 1.83 bits per heavy atom. The fourth-order valence-electron chi connectivity index (χ4n) is 4.53. The Labute approximate surface area is 176 Å². The van der Waals surface area contributed by atoms with Crippen LogP contribution in [0.1, 0.15) is 63.9 Å². The maximum Gasteiger partial charge on any atom is 0.410 e.